The van der Waals surface area contributed by atoms with Crippen molar-refractivity contribution >= 4 is 29.1 Å². The van der Waals surface area contributed by atoms with E-state index < -0.39 is 5.91 Å². The third kappa shape index (κ3) is 5.10. The second kappa shape index (κ2) is 7.43. The standard InChI is InChI=1S/C11H14Cl2N2O3/c12-8-3-7(11(17)9(13)4-8)5-15-1-2-18-6-10(14)16/h3-4,15,17H,1-2,5-6H2,(H2,14,16). The first-order valence-corrected chi connectivity index (χ1v) is 6.00. The van der Waals surface area contributed by atoms with Gasteiger partial charge in [-0.3, -0.25) is 4.79 Å². The van der Waals surface area contributed by atoms with Crippen molar-refractivity contribution in [1.29, 1.82) is 0 Å². The van der Waals surface area contributed by atoms with Gasteiger partial charge < -0.3 is 20.9 Å². The molecule has 1 amide bonds. The Bertz CT molecular complexity index is 427. The van der Waals surface area contributed by atoms with Gasteiger partial charge in [0.2, 0.25) is 5.91 Å². The van der Waals surface area contributed by atoms with Crippen LogP contribution in [0, 0.1) is 0 Å². The van der Waals surface area contributed by atoms with Crippen LogP contribution in [0.5, 0.6) is 5.75 Å². The molecule has 7 heteroatoms. The van der Waals surface area contributed by atoms with Gasteiger partial charge in [0.05, 0.1) is 11.6 Å². The first-order valence-electron chi connectivity index (χ1n) is 5.24. The van der Waals surface area contributed by atoms with E-state index in [1.165, 1.54) is 6.07 Å². The molecule has 1 rings (SSSR count). The molecule has 0 unspecified atom stereocenters. The van der Waals surface area contributed by atoms with Gasteiger partial charge in [0.25, 0.3) is 0 Å². The van der Waals surface area contributed by atoms with Crippen LogP contribution >= 0.6 is 23.2 Å². The van der Waals surface area contributed by atoms with E-state index in [1.54, 1.807) is 6.07 Å². The summed E-state index contributed by atoms with van der Waals surface area (Å²) in [6.07, 6.45) is 0. The number of hydrogen-bond acceptors (Lipinski definition) is 4. The summed E-state index contributed by atoms with van der Waals surface area (Å²) in [5.41, 5.74) is 5.50. The Balaban J connectivity index is 2.33. The Morgan fingerprint density at radius 1 is 1.44 bits per heavy atom. The number of hydrogen-bond donors (Lipinski definition) is 3. The van der Waals surface area contributed by atoms with Crippen LogP contribution < -0.4 is 11.1 Å². The van der Waals surface area contributed by atoms with Crippen LogP contribution in [0.2, 0.25) is 10.0 Å². The molecule has 0 saturated carbocycles. The van der Waals surface area contributed by atoms with Gasteiger partial charge in [-0.2, -0.15) is 0 Å². The van der Waals surface area contributed by atoms with Crippen molar-refractivity contribution in [2.45, 2.75) is 6.54 Å². The zero-order valence-electron chi connectivity index (χ0n) is 9.58. The second-order valence-corrected chi connectivity index (χ2v) is 4.43. The van der Waals surface area contributed by atoms with E-state index in [1.807, 2.05) is 0 Å². The normalized spacial score (nSPS) is 10.6. The van der Waals surface area contributed by atoms with Crippen molar-refractivity contribution < 1.29 is 14.6 Å². The molecule has 1 aromatic rings. The van der Waals surface area contributed by atoms with E-state index in [4.69, 9.17) is 33.7 Å². The number of primary amides is 1. The van der Waals surface area contributed by atoms with E-state index in [-0.39, 0.29) is 17.4 Å². The van der Waals surface area contributed by atoms with Crippen LogP contribution in [0.15, 0.2) is 12.1 Å². The smallest absolute Gasteiger partial charge is 0.243 e. The van der Waals surface area contributed by atoms with Crippen molar-refractivity contribution in [2.75, 3.05) is 19.8 Å². The fraction of sp³-hybridized carbons (Fsp3) is 0.364. The summed E-state index contributed by atoms with van der Waals surface area (Å²) in [6.45, 7) is 1.15. The molecule has 0 aliphatic rings. The molecule has 4 N–H and O–H groups in total. The summed E-state index contributed by atoms with van der Waals surface area (Å²) < 4.78 is 4.96. The number of ether oxygens (including phenoxy) is 1. The van der Waals surface area contributed by atoms with Crippen molar-refractivity contribution in [3.05, 3.63) is 27.7 Å². The Morgan fingerprint density at radius 2 is 2.17 bits per heavy atom. The molecular weight excluding hydrogens is 279 g/mol. The van der Waals surface area contributed by atoms with Crippen LogP contribution in [0.25, 0.3) is 0 Å². The molecule has 100 valence electrons. The molecule has 0 heterocycles. The SMILES string of the molecule is NC(=O)COCCNCc1cc(Cl)cc(Cl)c1O. The predicted molar refractivity (Wildman–Crippen MR) is 69.8 cm³/mol. The molecule has 0 aliphatic carbocycles. The van der Waals surface area contributed by atoms with Gasteiger partial charge in [-0.15, -0.1) is 0 Å². The number of rotatable bonds is 7. The molecule has 5 nitrogen and oxygen atoms in total. The summed E-state index contributed by atoms with van der Waals surface area (Å²) in [6, 6.07) is 3.10. The number of phenolic OH excluding ortho intramolecular Hbond substituents is 1. The first kappa shape index (κ1) is 15.0. The number of amides is 1. The van der Waals surface area contributed by atoms with Crippen LogP contribution in [-0.2, 0) is 16.1 Å². The van der Waals surface area contributed by atoms with E-state index in [0.717, 1.165) is 0 Å². The minimum absolute atomic E-state index is 0.00613. The molecular formula is C11H14Cl2N2O3. The second-order valence-electron chi connectivity index (χ2n) is 3.59. The summed E-state index contributed by atoms with van der Waals surface area (Å²) in [4.78, 5) is 10.4. The summed E-state index contributed by atoms with van der Waals surface area (Å²) in [5.74, 6) is -0.499. The predicted octanol–water partition coefficient (Wildman–Crippen LogP) is 1.29. The lowest BCUT2D eigenvalue weighted by molar-refractivity contribution is -0.122. The van der Waals surface area contributed by atoms with Gasteiger partial charge in [0, 0.05) is 23.7 Å². The number of halogens is 2. The zero-order chi connectivity index (χ0) is 13.5. The lowest BCUT2D eigenvalue weighted by atomic mass is 10.2. The fourth-order valence-electron chi connectivity index (χ4n) is 1.29. The lowest BCUT2D eigenvalue weighted by Gasteiger charge is -2.08. The van der Waals surface area contributed by atoms with Crippen LogP contribution in [-0.4, -0.2) is 30.8 Å². The van der Waals surface area contributed by atoms with Gasteiger partial charge in [0.15, 0.2) is 0 Å². The van der Waals surface area contributed by atoms with Crippen molar-refractivity contribution in [3.63, 3.8) is 0 Å². The monoisotopic (exact) mass is 292 g/mol. The zero-order valence-corrected chi connectivity index (χ0v) is 11.1. The fourth-order valence-corrected chi connectivity index (χ4v) is 1.83. The number of nitrogens with two attached hydrogens (primary N) is 1. The Hall–Kier alpha value is -1.01. The average Bonchev–Trinajstić information content (AvgIpc) is 2.29. The summed E-state index contributed by atoms with van der Waals surface area (Å²) in [7, 11) is 0. The number of carbonyl (C=O) groups excluding carboxylic acids is 1. The van der Waals surface area contributed by atoms with Gasteiger partial charge in [0.1, 0.15) is 12.4 Å². The van der Waals surface area contributed by atoms with Crippen molar-refractivity contribution in [1.82, 2.24) is 5.32 Å². The quantitative estimate of drug-likeness (QED) is 0.661. The highest BCUT2D eigenvalue weighted by molar-refractivity contribution is 6.35. The van der Waals surface area contributed by atoms with Gasteiger partial charge in [-0.25, -0.2) is 0 Å². The number of aromatic hydroxyl groups is 1. The average molecular weight is 293 g/mol. The molecule has 0 aromatic heterocycles. The molecule has 18 heavy (non-hydrogen) atoms. The third-order valence-corrected chi connectivity index (χ3v) is 2.60. The molecule has 1 aromatic carbocycles. The summed E-state index contributed by atoms with van der Waals surface area (Å²) in [5, 5.41) is 13.4. The van der Waals surface area contributed by atoms with Crippen molar-refractivity contribution in [2.24, 2.45) is 5.73 Å². The molecule has 0 aliphatic heterocycles. The molecule has 0 atom stereocenters. The van der Waals surface area contributed by atoms with E-state index in [0.29, 0.717) is 30.3 Å². The lowest BCUT2D eigenvalue weighted by Crippen LogP contribution is -2.23. The Kier molecular flexibility index (Phi) is 6.21. The van der Waals surface area contributed by atoms with Crippen LogP contribution in [0.1, 0.15) is 5.56 Å². The van der Waals surface area contributed by atoms with Gasteiger partial charge in [-0.1, -0.05) is 23.2 Å². The van der Waals surface area contributed by atoms with E-state index >= 15 is 0 Å². The Labute approximate surface area is 115 Å². The molecule has 0 saturated heterocycles. The number of carbonyl (C=O) groups is 1. The van der Waals surface area contributed by atoms with Crippen LogP contribution in [0.3, 0.4) is 0 Å². The van der Waals surface area contributed by atoms with E-state index in [2.05, 4.69) is 5.32 Å². The molecule has 0 bridgehead atoms. The Morgan fingerprint density at radius 3 is 2.83 bits per heavy atom. The highest BCUT2D eigenvalue weighted by Crippen LogP contribution is 2.30. The van der Waals surface area contributed by atoms with Gasteiger partial charge >= 0.3 is 0 Å². The minimum Gasteiger partial charge on any atom is -0.506 e. The highest BCUT2D eigenvalue weighted by Gasteiger charge is 2.07. The van der Waals surface area contributed by atoms with Gasteiger partial charge in [-0.05, 0) is 12.1 Å². The highest BCUT2D eigenvalue weighted by atomic mass is 35.5. The van der Waals surface area contributed by atoms with Crippen LogP contribution in [0.4, 0.5) is 0 Å². The number of nitrogens with one attached hydrogen (secondary N) is 1. The summed E-state index contributed by atoms with van der Waals surface area (Å²) >= 11 is 11.6. The maximum Gasteiger partial charge on any atom is 0.243 e. The largest absolute Gasteiger partial charge is 0.506 e. The maximum atomic E-state index is 10.4. The third-order valence-electron chi connectivity index (χ3n) is 2.09. The number of benzene rings is 1. The number of phenols is 1. The van der Waals surface area contributed by atoms with Crippen molar-refractivity contribution in [3.8, 4) is 5.75 Å². The first-order chi connectivity index (χ1) is 8.50. The minimum atomic E-state index is -0.505. The molecule has 0 radical (unpaired) electrons. The molecule has 0 spiro atoms. The van der Waals surface area contributed by atoms with E-state index in [9.17, 15) is 9.90 Å². The molecule has 0 fully saturated rings. The maximum absolute atomic E-state index is 10.4. The topological polar surface area (TPSA) is 84.6 Å².